The summed E-state index contributed by atoms with van der Waals surface area (Å²) < 4.78 is 38.9. The summed E-state index contributed by atoms with van der Waals surface area (Å²) in [6, 6.07) is 1.05. The molecule has 3 aromatic rings. The molecule has 3 heterocycles. The molecule has 7 nitrogen and oxygen atoms in total. The van der Waals surface area contributed by atoms with Gasteiger partial charge in [-0.1, -0.05) is 0 Å². The fourth-order valence-corrected chi connectivity index (χ4v) is 4.68. The van der Waals surface area contributed by atoms with Crippen molar-refractivity contribution in [2.45, 2.75) is 37.0 Å². The third-order valence-corrected chi connectivity index (χ3v) is 5.82. The van der Waals surface area contributed by atoms with Gasteiger partial charge >= 0.3 is 12.2 Å². The number of pyridine rings is 1. The van der Waals surface area contributed by atoms with Crippen LogP contribution in [0.4, 0.5) is 18.0 Å². The smallest absolute Gasteiger partial charge is 0.346 e. The molecule has 2 bridgehead atoms. The summed E-state index contributed by atoms with van der Waals surface area (Å²) in [4.78, 5) is 23.7. The molecule has 142 valence electrons. The molecule has 0 saturated heterocycles. The van der Waals surface area contributed by atoms with Gasteiger partial charge in [0, 0.05) is 23.2 Å². The van der Waals surface area contributed by atoms with E-state index in [1.54, 1.807) is 12.5 Å². The van der Waals surface area contributed by atoms with Gasteiger partial charge in [0.25, 0.3) is 0 Å². The van der Waals surface area contributed by atoms with E-state index in [0.29, 0.717) is 6.42 Å². The first kappa shape index (κ1) is 16.4. The lowest BCUT2D eigenvalue weighted by molar-refractivity contribution is -0.122. The van der Waals surface area contributed by atoms with Crippen LogP contribution in [0.15, 0.2) is 24.8 Å². The van der Waals surface area contributed by atoms with Gasteiger partial charge in [-0.2, -0.15) is 13.2 Å². The molecule has 1 atom stereocenters. The molecule has 1 unspecified atom stereocenters. The van der Waals surface area contributed by atoms with Crippen molar-refractivity contribution in [2.75, 3.05) is 6.54 Å². The van der Waals surface area contributed by atoms with E-state index in [1.807, 2.05) is 17.6 Å². The number of carbonyl (C=O) groups excluding carboxylic acids is 1. The minimum absolute atomic E-state index is 0.140. The number of hydrogen-bond donors (Lipinski definition) is 3. The largest absolute Gasteiger partial charge is 0.405 e. The average Bonchev–Trinajstić information content (AvgIpc) is 3.30. The number of nitrogens with zero attached hydrogens (tertiary/aromatic N) is 3. The van der Waals surface area contributed by atoms with Crippen molar-refractivity contribution in [2.24, 2.45) is 5.92 Å². The van der Waals surface area contributed by atoms with E-state index >= 15 is 0 Å². The predicted molar refractivity (Wildman–Crippen MR) is 91.1 cm³/mol. The second kappa shape index (κ2) is 5.37. The molecule has 0 spiro atoms. The quantitative estimate of drug-likeness (QED) is 0.655. The maximum atomic E-state index is 12.3. The minimum atomic E-state index is -4.41. The van der Waals surface area contributed by atoms with Gasteiger partial charge in [-0.3, -0.25) is 0 Å². The second-order valence-corrected chi connectivity index (χ2v) is 7.49. The predicted octanol–water partition coefficient (Wildman–Crippen LogP) is 2.65. The summed E-state index contributed by atoms with van der Waals surface area (Å²) in [6.45, 7) is -1.33. The maximum Gasteiger partial charge on any atom is 0.405 e. The number of fused-ring (bicyclic) bond motifs is 4. The molecule has 3 saturated carbocycles. The van der Waals surface area contributed by atoms with Crippen molar-refractivity contribution >= 4 is 28.1 Å². The lowest BCUT2D eigenvalue weighted by atomic mass is 9.76. The van der Waals surface area contributed by atoms with Crippen LogP contribution in [-0.4, -0.2) is 44.3 Å². The molecule has 0 aromatic carbocycles. The van der Waals surface area contributed by atoms with Crippen LogP contribution in [0.2, 0.25) is 0 Å². The van der Waals surface area contributed by atoms with Crippen molar-refractivity contribution in [1.29, 1.82) is 0 Å². The third-order valence-electron chi connectivity index (χ3n) is 5.82. The first-order valence-electron chi connectivity index (χ1n) is 8.75. The number of rotatable bonds is 3. The van der Waals surface area contributed by atoms with E-state index in [0.717, 1.165) is 34.9 Å². The van der Waals surface area contributed by atoms with Crippen LogP contribution in [-0.2, 0) is 5.54 Å². The Morgan fingerprint density at radius 3 is 2.93 bits per heavy atom. The molecule has 10 heteroatoms. The van der Waals surface area contributed by atoms with Crippen molar-refractivity contribution in [3.63, 3.8) is 0 Å². The average molecular weight is 378 g/mol. The van der Waals surface area contributed by atoms with Crippen molar-refractivity contribution in [1.82, 2.24) is 30.2 Å². The Kier molecular flexibility index (Phi) is 3.26. The highest BCUT2D eigenvalue weighted by atomic mass is 19.4. The number of aromatic nitrogens is 4. The van der Waals surface area contributed by atoms with E-state index in [1.165, 1.54) is 0 Å². The molecular weight excluding hydrogens is 361 g/mol. The van der Waals surface area contributed by atoms with Gasteiger partial charge < -0.3 is 20.2 Å². The number of carbonyl (C=O) groups is 1. The first-order valence-corrected chi connectivity index (χ1v) is 8.75. The van der Waals surface area contributed by atoms with E-state index in [-0.39, 0.29) is 17.5 Å². The molecule has 3 aliphatic carbocycles. The van der Waals surface area contributed by atoms with Crippen molar-refractivity contribution in [3.05, 3.63) is 24.8 Å². The van der Waals surface area contributed by atoms with E-state index in [9.17, 15) is 18.0 Å². The SMILES string of the molecule is O=C(NCC(F)(F)F)NC1CC2(n3cnc4cnc5[nH]ccc5c43)CC1C2. The molecule has 3 aromatic heterocycles. The molecule has 3 aliphatic rings. The molecule has 2 amide bonds. The third kappa shape index (κ3) is 2.54. The molecule has 0 radical (unpaired) electrons. The Hall–Kier alpha value is -2.78. The van der Waals surface area contributed by atoms with Gasteiger partial charge in [-0.15, -0.1) is 0 Å². The Morgan fingerprint density at radius 2 is 2.15 bits per heavy atom. The number of aromatic amines is 1. The van der Waals surface area contributed by atoms with Crippen LogP contribution in [0.25, 0.3) is 22.1 Å². The fraction of sp³-hybridized carbons (Fsp3) is 0.471. The summed E-state index contributed by atoms with van der Waals surface area (Å²) in [5, 5.41) is 5.58. The molecule has 3 N–H and O–H groups in total. The normalized spacial score (nSPS) is 27.1. The number of halogens is 3. The minimum Gasteiger partial charge on any atom is -0.346 e. The topological polar surface area (TPSA) is 87.6 Å². The Labute approximate surface area is 151 Å². The number of urea groups is 1. The maximum absolute atomic E-state index is 12.3. The highest BCUT2D eigenvalue weighted by Crippen LogP contribution is 2.57. The molecule has 27 heavy (non-hydrogen) atoms. The zero-order valence-corrected chi connectivity index (χ0v) is 14.2. The van der Waals surface area contributed by atoms with E-state index in [2.05, 4.69) is 24.8 Å². The van der Waals surface area contributed by atoms with Crippen molar-refractivity contribution in [3.8, 4) is 0 Å². The number of H-pyrrole nitrogens is 1. The van der Waals surface area contributed by atoms with Gasteiger partial charge in [0.15, 0.2) is 0 Å². The summed E-state index contributed by atoms with van der Waals surface area (Å²) in [5.74, 6) is 0.266. The van der Waals surface area contributed by atoms with Gasteiger partial charge in [0.05, 0.1) is 18.0 Å². The lowest BCUT2D eigenvalue weighted by Crippen LogP contribution is -2.46. The Bertz CT molecular complexity index is 1030. The lowest BCUT2D eigenvalue weighted by Gasteiger charge is -2.40. The van der Waals surface area contributed by atoms with E-state index < -0.39 is 18.8 Å². The van der Waals surface area contributed by atoms with Crippen LogP contribution in [0.5, 0.6) is 0 Å². The Morgan fingerprint density at radius 1 is 1.33 bits per heavy atom. The van der Waals surface area contributed by atoms with Crippen LogP contribution in [0.3, 0.4) is 0 Å². The molecule has 0 aliphatic heterocycles. The highest BCUT2D eigenvalue weighted by molar-refractivity contribution is 6.01. The Balaban J connectivity index is 1.37. The summed E-state index contributed by atoms with van der Waals surface area (Å²) in [7, 11) is 0. The van der Waals surface area contributed by atoms with Crippen LogP contribution >= 0.6 is 0 Å². The first-order chi connectivity index (χ1) is 12.8. The van der Waals surface area contributed by atoms with Gasteiger partial charge in [-0.25, -0.2) is 14.8 Å². The van der Waals surface area contributed by atoms with Gasteiger partial charge in [-0.05, 0) is 31.2 Å². The highest BCUT2D eigenvalue weighted by Gasteiger charge is 2.58. The fourth-order valence-electron chi connectivity index (χ4n) is 4.68. The number of imidazole rings is 1. The second-order valence-electron chi connectivity index (χ2n) is 7.49. The van der Waals surface area contributed by atoms with Gasteiger partial charge in [0.1, 0.15) is 17.7 Å². The summed E-state index contributed by atoms with van der Waals surface area (Å²) in [5.41, 5.74) is 2.43. The van der Waals surface area contributed by atoms with Crippen molar-refractivity contribution < 1.29 is 18.0 Å². The number of alkyl halides is 3. The zero-order chi connectivity index (χ0) is 18.8. The molecular formula is C17H17F3N6O. The number of hydrogen-bond acceptors (Lipinski definition) is 3. The van der Waals surface area contributed by atoms with Gasteiger partial charge in [0.2, 0.25) is 0 Å². The number of nitrogens with one attached hydrogen (secondary N) is 3. The molecule has 6 rings (SSSR count). The standard InChI is InChI=1S/C17H17F3N6O/c18-17(19,20)7-23-15(27)25-11-5-16(3-9(11)4-16)26-8-24-12-6-22-14-10(13(12)26)1-2-21-14/h1-2,6,8-9,11H,3-5,7H2,(H,21,22)(H2,23,25,27). The monoisotopic (exact) mass is 378 g/mol. The summed E-state index contributed by atoms with van der Waals surface area (Å²) in [6.07, 6.45) is 3.38. The van der Waals surface area contributed by atoms with Crippen LogP contribution < -0.4 is 10.6 Å². The van der Waals surface area contributed by atoms with Crippen LogP contribution in [0, 0.1) is 5.92 Å². The van der Waals surface area contributed by atoms with E-state index in [4.69, 9.17) is 0 Å². The van der Waals surface area contributed by atoms with Crippen LogP contribution in [0.1, 0.15) is 19.3 Å². The summed E-state index contributed by atoms with van der Waals surface area (Å²) >= 11 is 0. The molecule has 3 fully saturated rings. The zero-order valence-electron chi connectivity index (χ0n) is 14.2. The number of amides is 2.